The van der Waals surface area contributed by atoms with E-state index in [0.717, 1.165) is 16.7 Å². The van der Waals surface area contributed by atoms with Crippen LogP contribution < -0.4 is 20.7 Å². The van der Waals surface area contributed by atoms with Crippen LogP contribution in [0.2, 0.25) is 0 Å². The van der Waals surface area contributed by atoms with E-state index < -0.39 is 38.3 Å². The van der Waals surface area contributed by atoms with Crippen molar-refractivity contribution in [1.29, 1.82) is 5.26 Å². The summed E-state index contributed by atoms with van der Waals surface area (Å²) >= 11 is 2.16. The van der Waals surface area contributed by atoms with Gasteiger partial charge in [0.05, 0.1) is 46.0 Å². The minimum atomic E-state index is -1.68. The molecule has 1 aromatic heterocycles. The predicted molar refractivity (Wildman–Crippen MR) is 225 cm³/mol. The van der Waals surface area contributed by atoms with Gasteiger partial charge >= 0.3 is 5.69 Å². The number of hydrogen-bond acceptors (Lipinski definition) is 10. The summed E-state index contributed by atoms with van der Waals surface area (Å²) in [4.78, 5) is 26.9. The van der Waals surface area contributed by atoms with Crippen LogP contribution in [-0.2, 0) is 30.7 Å². The Balaban J connectivity index is 1.63. The number of rotatable bonds is 19. The van der Waals surface area contributed by atoms with E-state index in [-0.39, 0.29) is 50.2 Å². The van der Waals surface area contributed by atoms with Crippen LogP contribution in [0.25, 0.3) is 0 Å². The molecule has 300 valence electrons. The van der Waals surface area contributed by atoms with Crippen LogP contribution in [0.4, 0.5) is 0 Å². The van der Waals surface area contributed by atoms with Crippen molar-refractivity contribution in [2.45, 2.75) is 90.1 Å². The van der Waals surface area contributed by atoms with E-state index in [1.165, 1.54) is 9.13 Å². The summed E-state index contributed by atoms with van der Waals surface area (Å²) < 4.78 is 44.0. The first-order chi connectivity index (χ1) is 27.0. The SMILES string of the molecule is COc1ccc(C(OC[C@H]2O[C@@H](n3cc(C)c(=O)n(CCI)c3=O)C[C@@H]2OP(OCCC#N)N(C(C)C)C(C)C)(c2ccccc2)c2ccc(OC)cc2)cc1. The standard InChI is InChI=1S/C42H52IN4O8P/c1-29(2)47(30(3)4)56(53-25-11-23-44)55-37-26-39(46-27-31(5)40(48)45(24-22-43)41(46)49)54-38(37)28-52-42(32-12-9-8-10-13-32,33-14-18-35(50-6)19-15-33)34-16-20-36(51-7)21-17-34/h8-10,12-21,27,29-30,37-39H,11,22,24-26,28H2,1-7H3/t37-,38+,39+,56?/m0/s1. The maximum Gasteiger partial charge on any atom is 0.333 e. The van der Waals surface area contributed by atoms with Gasteiger partial charge in [-0.3, -0.25) is 13.9 Å². The maximum atomic E-state index is 13.9. The highest BCUT2D eigenvalue weighted by molar-refractivity contribution is 14.1. The second kappa shape index (κ2) is 20.2. The number of benzene rings is 3. The quantitative estimate of drug-likeness (QED) is 0.0304. The number of ether oxygens (including phenoxy) is 4. The van der Waals surface area contributed by atoms with E-state index in [1.54, 1.807) is 27.3 Å². The fourth-order valence-corrected chi connectivity index (χ4v) is 9.31. The van der Waals surface area contributed by atoms with Crippen LogP contribution in [0, 0.1) is 18.3 Å². The summed E-state index contributed by atoms with van der Waals surface area (Å²) in [5, 5.41) is 9.35. The van der Waals surface area contributed by atoms with Gasteiger partial charge < -0.3 is 28.0 Å². The first-order valence-corrected chi connectivity index (χ1v) is 21.4. The van der Waals surface area contributed by atoms with Gasteiger partial charge in [0.1, 0.15) is 29.4 Å². The smallest absolute Gasteiger partial charge is 0.333 e. The lowest BCUT2D eigenvalue weighted by Crippen LogP contribution is -2.42. The third-order valence-electron chi connectivity index (χ3n) is 9.69. The van der Waals surface area contributed by atoms with E-state index in [4.69, 9.17) is 28.0 Å². The molecule has 14 heteroatoms. The Hall–Kier alpha value is -3.61. The van der Waals surface area contributed by atoms with Crippen molar-refractivity contribution in [2.75, 3.05) is 31.9 Å². The Morgan fingerprint density at radius 2 is 1.50 bits per heavy atom. The Labute approximate surface area is 344 Å². The molecule has 1 unspecified atom stereocenters. The van der Waals surface area contributed by atoms with Crippen LogP contribution in [0.3, 0.4) is 0 Å². The summed E-state index contributed by atoms with van der Waals surface area (Å²) in [6.07, 6.45) is -0.00409. The molecule has 1 aliphatic rings. The zero-order valence-electron chi connectivity index (χ0n) is 33.1. The molecule has 0 N–H and O–H groups in total. The lowest BCUT2D eigenvalue weighted by atomic mass is 9.80. The fraction of sp³-hybridized carbons (Fsp3) is 0.452. The van der Waals surface area contributed by atoms with Gasteiger partial charge in [0, 0.05) is 41.2 Å². The van der Waals surface area contributed by atoms with E-state index in [2.05, 4.69) is 61.0 Å². The van der Waals surface area contributed by atoms with Gasteiger partial charge in [-0.05, 0) is 75.6 Å². The second-order valence-corrected chi connectivity index (χ2v) is 16.5. The average molecular weight is 899 g/mol. The van der Waals surface area contributed by atoms with Crippen molar-refractivity contribution in [2.24, 2.45) is 0 Å². The highest BCUT2D eigenvalue weighted by atomic mass is 127. The molecule has 56 heavy (non-hydrogen) atoms. The molecule has 1 aliphatic heterocycles. The number of nitriles is 1. The zero-order valence-corrected chi connectivity index (χ0v) is 36.1. The Bertz CT molecular complexity index is 1960. The van der Waals surface area contributed by atoms with Crippen LogP contribution in [0.15, 0.2) is 94.6 Å². The van der Waals surface area contributed by atoms with Crippen LogP contribution in [-0.4, -0.2) is 70.0 Å². The number of halogens is 1. The minimum Gasteiger partial charge on any atom is -0.497 e. The molecule has 0 aliphatic carbocycles. The highest BCUT2D eigenvalue weighted by Gasteiger charge is 2.45. The molecule has 1 fully saturated rings. The van der Waals surface area contributed by atoms with E-state index in [9.17, 15) is 14.9 Å². The molecule has 0 amide bonds. The summed E-state index contributed by atoms with van der Waals surface area (Å²) in [7, 11) is 1.59. The van der Waals surface area contributed by atoms with Crippen LogP contribution >= 0.6 is 31.1 Å². The van der Waals surface area contributed by atoms with Crippen molar-refractivity contribution in [1.82, 2.24) is 13.8 Å². The minimum absolute atomic E-state index is 0.0416. The lowest BCUT2D eigenvalue weighted by molar-refractivity contribution is -0.0927. The van der Waals surface area contributed by atoms with Crippen molar-refractivity contribution in [3.63, 3.8) is 0 Å². The molecule has 4 aromatic rings. The first-order valence-electron chi connectivity index (χ1n) is 18.8. The first kappa shape index (κ1) is 43.5. The van der Waals surface area contributed by atoms with E-state index in [1.807, 2.05) is 78.9 Å². The highest BCUT2D eigenvalue weighted by Crippen LogP contribution is 2.50. The van der Waals surface area contributed by atoms with Gasteiger partial charge in [0.15, 0.2) is 0 Å². The topological polar surface area (TPSA) is 126 Å². The van der Waals surface area contributed by atoms with Gasteiger partial charge in [-0.25, -0.2) is 9.46 Å². The molecule has 1 saturated heterocycles. The number of hydrogen-bond donors (Lipinski definition) is 0. The maximum absolute atomic E-state index is 13.9. The molecule has 0 radical (unpaired) electrons. The Morgan fingerprint density at radius 1 is 0.929 bits per heavy atom. The van der Waals surface area contributed by atoms with Crippen LogP contribution in [0.1, 0.15) is 69.0 Å². The molecule has 4 atom stereocenters. The molecule has 0 bridgehead atoms. The number of alkyl halides is 1. The second-order valence-electron chi connectivity index (χ2n) is 14.0. The molecule has 5 rings (SSSR count). The van der Waals surface area contributed by atoms with E-state index in [0.29, 0.717) is 21.5 Å². The molecule has 0 spiro atoms. The van der Waals surface area contributed by atoms with E-state index >= 15 is 0 Å². The number of aryl methyl sites for hydroxylation is 1. The summed E-state index contributed by atoms with van der Waals surface area (Å²) in [6, 6.07) is 27.9. The van der Waals surface area contributed by atoms with Crippen LogP contribution in [0.5, 0.6) is 11.5 Å². The summed E-state index contributed by atoms with van der Waals surface area (Å²) in [6.45, 7) is 10.5. The molecule has 2 heterocycles. The molecule has 12 nitrogen and oxygen atoms in total. The van der Waals surface area contributed by atoms with Gasteiger partial charge in [0.25, 0.3) is 14.1 Å². The summed E-state index contributed by atoms with van der Waals surface area (Å²) in [5.74, 6) is 1.41. The number of methoxy groups -OCH3 is 2. The van der Waals surface area contributed by atoms with Crippen molar-refractivity contribution in [3.05, 3.63) is 128 Å². The largest absolute Gasteiger partial charge is 0.497 e. The summed E-state index contributed by atoms with van der Waals surface area (Å²) in [5.41, 5.74) is 1.12. The zero-order chi connectivity index (χ0) is 40.4. The van der Waals surface area contributed by atoms with Crippen molar-refractivity contribution >= 4 is 31.1 Å². The monoisotopic (exact) mass is 898 g/mol. The number of aromatic nitrogens is 2. The lowest BCUT2D eigenvalue weighted by Gasteiger charge is -2.39. The molecular formula is C42H52IN4O8P. The van der Waals surface area contributed by atoms with Gasteiger partial charge in [-0.2, -0.15) is 5.26 Å². The van der Waals surface area contributed by atoms with Gasteiger partial charge in [-0.15, -0.1) is 0 Å². The molecule has 3 aromatic carbocycles. The molecular weight excluding hydrogens is 846 g/mol. The van der Waals surface area contributed by atoms with Gasteiger partial charge in [0.2, 0.25) is 0 Å². The Morgan fingerprint density at radius 3 is 2.02 bits per heavy atom. The number of nitrogens with zero attached hydrogens (tertiary/aromatic N) is 4. The molecule has 0 saturated carbocycles. The Kier molecular flexibility index (Phi) is 15.7. The fourth-order valence-electron chi connectivity index (χ4n) is 7.07. The normalized spacial score (nSPS) is 17.7. The average Bonchev–Trinajstić information content (AvgIpc) is 3.60. The van der Waals surface area contributed by atoms with Crippen molar-refractivity contribution < 1.29 is 28.0 Å². The predicted octanol–water partition coefficient (Wildman–Crippen LogP) is 7.73. The van der Waals surface area contributed by atoms with Gasteiger partial charge in [-0.1, -0.05) is 77.2 Å². The third-order valence-corrected chi connectivity index (χ3v) is 12.3. The van der Waals surface area contributed by atoms with Crippen molar-refractivity contribution in [3.8, 4) is 17.6 Å². The third kappa shape index (κ3) is 9.73.